The topological polar surface area (TPSA) is 38.8 Å². The summed E-state index contributed by atoms with van der Waals surface area (Å²) in [7, 11) is 0. The van der Waals surface area contributed by atoms with E-state index >= 15 is 0 Å². The number of halogens is 1. The highest BCUT2D eigenvalue weighted by atomic mass is 127. The summed E-state index contributed by atoms with van der Waals surface area (Å²) in [6.45, 7) is 11.3. The number of carbonyl (C=O) groups excluding carboxylic acids is 1. The summed E-state index contributed by atoms with van der Waals surface area (Å²) >= 11 is 8.92. The van der Waals surface area contributed by atoms with Crippen molar-refractivity contribution in [3.63, 3.8) is 0 Å². The van der Waals surface area contributed by atoms with Crippen molar-refractivity contribution in [2.75, 3.05) is 19.8 Å². The Morgan fingerprint density at radius 3 is 2.73 bits per heavy atom. The molecule has 140 valence electrons. The minimum atomic E-state index is -0.0337. The molecule has 1 amide bonds. The van der Waals surface area contributed by atoms with Crippen LogP contribution in [-0.2, 0) is 4.79 Å². The summed E-state index contributed by atoms with van der Waals surface area (Å²) in [4.78, 5) is 14.9. The van der Waals surface area contributed by atoms with Gasteiger partial charge in [-0.3, -0.25) is 9.69 Å². The van der Waals surface area contributed by atoms with Crippen molar-refractivity contribution in [1.82, 2.24) is 4.90 Å². The Morgan fingerprint density at radius 2 is 2.12 bits per heavy atom. The minimum Gasteiger partial charge on any atom is -0.490 e. The number of amides is 1. The van der Waals surface area contributed by atoms with Crippen LogP contribution in [0.4, 0.5) is 0 Å². The van der Waals surface area contributed by atoms with Crippen LogP contribution in [0.15, 0.2) is 29.7 Å². The highest BCUT2D eigenvalue weighted by Crippen LogP contribution is 2.37. The molecule has 0 aliphatic carbocycles. The van der Waals surface area contributed by atoms with Crippen molar-refractivity contribution in [3.8, 4) is 11.5 Å². The number of thioether (sulfide) groups is 1. The lowest BCUT2D eigenvalue weighted by Crippen LogP contribution is -2.31. The molecule has 0 unspecified atom stereocenters. The Morgan fingerprint density at radius 1 is 1.38 bits per heavy atom. The Hall–Kier alpha value is -1.06. The number of rotatable bonds is 8. The lowest BCUT2D eigenvalue weighted by Gasteiger charge is -2.16. The number of hydrogen-bond donors (Lipinski definition) is 0. The lowest BCUT2D eigenvalue weighted by molar-refractivity contribution is -0.122. The van der Waals surface area contributed by atoms with E-state index in [1.165, 1.54) is 11.8 Å². The quantitative estimate of drug-likeness (QED) is 0.213. The van der Waals surface area contributed by atoms with Gasteiger partial charge in [0.15, 0.2) is 11.5 Å². The third-order valence-corrected chi connectivity index (χ3v) is 5.58. The van der Waals surface area contributed by atoms with Crippen LogP contribution in [0.3, 0.4) is 0 Å². The molecule has 4 nitrogen and oxygen atoms in total. The average molecular weight is 503 g/mol. The molecule has 1 aliphatic rings. The normalized spacial score (nSPS) is 15.9. The molecule has 0 aromatic heterocycles. The van der Waals surface area contributed by atoms with Crippen LogP contribution >= 0.6 is 46.6 Å². The van der Waals surface area contributed by atoms with Crippen LogP contribution in [0.5, 0.6) is 11.5 Å². The van der Waals surface area contributed by atoms with Crippen molar-refractivity contribution in [3.05, 3.63) is 38.8 Å². The molecule has 1 heterocycles. The molecule has 7 heteroatoms. The number of thiocarbonyl (C=S) groups is 1. The van der Waals surface area contributed by atoms with E-state index < -0.39 is 0 Å². The molecule has 0 N–H and O–H groups in total. The maximum Gasteiger partial charge on any atom is 0.266 e. The van der Waals surface area contributed by atoms with E-state index in [0.717, 1.165) is 9.13 Å². The van der Waals surface area contributed by atoms with E-state index in [9.17, 15) is 4.79 Å². The van der Waals surface area contributed by atoms with Gasteiger partial charge in [0, 0.05) is 6.54 Å². The van der Waals surface area contributed by atoms with Crippen molar-refractivity contribution in [2.45, 2.75) is 20.8 Å². The second kappa shape index (κ2) is 9.75. The summed E-state index contributed by atoms with van der Waals surface area (Å²) < 4.78 is 13.0. The van der Waals surface area contributed by atoms with Crippen LogP contribution in [-0.4, -0.2) is 34.9 Å². The molecular weight excluding hydrogens is 481 g/mol. The van der Waals surface area contributed by atoms with E-state index in [1.807, 2.05) is 25.1 Å². The molecule has 0 bridgehead atoms. The van der Waals surface area contributed by atoms with E-state index in [4.69, 9.17) is 21.7 Å². The predicted molar refractivity (Wildman–Crippen MR) is 121 cm³/mol. The van der Waals surface area contributed by atoms with Gasteiger partial charge in [-0.2, -0.15) is 0 Å². The van der Waals surface area contributed by atoms with E-state index in [2.05, 4.69) is 43.0 Å². The van der Waals surface area contributed by atoms with Gasteiger partial charge in [-0.05, 0) is 59.2 Å². The van der Waals surface area contributed by atoms with E-state index in [-0.39, 0.29) is 5.91 Å². The van der Waals surface area contributed by atoms with Crippen LogP contribution < -0.4 is 9.47 Å². The number of benzene rings is 1. The largest absolute Gasteiger partial charge is 0.490 e. The van der Waals surface area contributed by atoms with Gasteiger partial charge in [-0.25, -0.2) is 0 Å². The Labute approximate surface area is 178 Å². The second-order valence-corrected chi connectivity index (χ2v) is 8.89. The standard InChI is InChI=1S/C19H22INO3S2/c1-5-7-24-17-14(20)8-13(9-15(17)23-6-2)10-16-18(22)21(11-12(3)4)19(25)26-16/h5,8-10,12H,1,6-7,11H2,2-4H3/b16-10-. The summed E-state index contributed by atoms with van der Waals surface area (Å²) in [5.41, 5.74) is 0.883. The van der Waals surface area contributed by atoms with Gasteiger partial charge in [0.2, 0.25) is 0 Å². The fourth-order valence-corrected chi connectivity index (χ4v) is 4.45. The Balaban J connectivity index is 2.34. The highest BCUT2D eigenvalue weighted by molar-refractivity contribution is 14.1. The zero-order valence-corrected chi connectivity index (χ0v) is 18.9. The third kappa shape index (κ3) is 5.23. The van der Waals surface area contributed by atoms with Crippen LogP contribution in [0.2, 0.25) is 0 Å². The molecule has 2 rings (SSSR count). The fraction of sp³-hybridized carbons (Fsp3) is 0.368. The van der Waals surface area contributed by atoms with Crippen molar-refractivity contribution >= 4 is 62.9 Å². The first-order valence-corrected chi connectivity index (χ1v) is 10.6. The molecule has 1 saturated heterocycles. The SMILES string of the molecule is C=CCOc1c(I)cc(/C=C2\SC(=S)N(CC(C)C)C2=O)cc1OCC. The Bertz CT molecular complexity index is 747. The number of hydrogen-bond acceptors (Lipinski definition) is 5. The monoisotopic (exact) mass is 503 g/mol. The Kier molecular flexibility index (Phi) is 7.97. The first kappa shape index (κ1) is 21.2. The first-order chi connectivity index (χ1) is 12.4. The van der Waals surface area contributed by atoms with Crippen LogP contribution in [0.25, 0.3) is 6.08 Å². The van der Waals surface area contributed by atoms with Crippen molar-refractivity contribution < 1.29 is 14.3 Å². The van der Waals surface area contributed by atoms with Crippen molar-refractivity contribution in [1.29, 1.82) is 0 Å². The molecule has 1 aromatic carbocycles. The number of nitrogens with zero attached hydrogens (tertiary/aromatic N) is 1. The summed E-state index contributed by atoms with van der Waals surface area (Å²) in [5, 5.41) is 0. The van der Waals surface area contributed by atoms with Crippen LogP contribution in [0.1, 0.15) is 26.3 Å². The zero-order chi connectivity index (χ0) is 19.3. The molecule has 1 fully saturated rings. The summed E-state index contributed by atoms with van der Waals surface area (Å²) in [5.74, 6) is 1.68. The van der Waals surface area contributed by atoms with Crippen LogP contribution in [0, 0.1) is 9.49 Å². The van der Waals surface area contributed by atoms with Gasteiger partial charge < -0.3 is 9.47 Å². The first-order valence-electron chi connectivity index (χ1n) is 8.32. The number of carbonyl (C=O) groups is 1. The zero-order valence-electron chi connectivity index (χ0n) is 15.1. The highest BCUT2D eigenvalue weighted by Gasteiger charge is 2.32. The fourth-order valence-electron chi connectivity index (χ4n) is 2.39. The molecule has 26 heavy (non-hydrogen) atoms. The molecule has 0 atom stereocenters. The van der Waals surface area contributed by atoms with E-state index in [0.29, 0.717) is 46.4 Å². The molecule has 1 aliphatic heterocycles. The van der Waals surface area contributed by atoms with Crippen molar-refractivity contribution in [2.24, 2.45) is 5.92 Å². The minimum absolute atomic E-state index is 0.0337. The van der Waals surface area contributed by atoms with E-state index in [1.54, 1.807) is 11.0 Å². The maximum absolute atomic E-state index is 12.6. The molecule has 0 radical (unpaired) electrons. The van der Waals surface area contributed by atoms with Gasteiger partial charge >= 0.3 is 0 Å². The van der Waals surface area contributed by atoms with Gasteiger partial charge in [-0.15, -0.1) is 0 Å². The van der Waals surface area contributed by atoms with Gasteiger partial charge in [0.1, 0.15) is 10.9 Å². The summed E-state index contributed by atoms with van der Waals surface area (Å²) in [6, 6.07) is 3.86. The average Bonchev–Trinajstić information content (AvgIpc) is 2.81. The molecular formula is C19H22INO3S2. The van der Waals surface area contributed by atoms with Gasteiger partial charge in [0.25, 0.3) is 5.91 Å². The van der Waals surface area contributed by atoms with Gasteiger partial charge in [-0.1, -0.05) is 50.5 Å². The molecule has 0 spiro atoms. The third-order valence-electron chi connectivity index (χ3n) is 3.40. The smallest absolute Gasteiger partial charge is 0.266 e. The second-order valence-electron chi connectivity index (χ2n) is 6.05. The summed E-state index contributed by atoms with van der Waals surface area (Å²) in [6.07, 6.45) is 3.56. The maximum atomic E-state index is 12.6. The molecule has 0 saturated carbocycles. The predicted octanol–water partition coefficient (Wildman–Crippen LogP) is 5.11. The lowest BCUT2D eigenvalue weighted by atomic mass is 10.1. The van der Waals surface area contributed by atoms with Gasteiger partial charge in [0.05, 0.1) is 15.1 Å². The molecule has 1 aromatic rings. The number of ether oxygens (including phenoxy) is 2.